The Labute approximate surface area is 130 Å². The monoisotopic (exact) mass is 302 g/mol. The van der Waals surface area contributed by atoms with E-state index in [2.05, 4.69) is 5.16 Å². The minimum atomic E-state index is -0.0588. The Kier molecular flexibility index (Phi) is 3.51. The predicted molar refractivity (Wildman–Crippen MR) is 79.5 cm³/mol. The summed E-state index contributed by atoms with van der Waals surface area (Å²) in [6, 6.07) is 1.87. The topological polar surface area (TPSA) is 63.4 Å². The summed E-state index contributed by atoms with van der Waals surface area (Å²) in [4.78, 5) is 26.8. The second-order valence-corrected chi connectivity index (χ2v) is 6.92. The summed E-state index contributed by atoms with van der Waals surface area (Å²) in [5.41, 5.74) is 0.414. The van der Waals surface area contributed by atoms with Crippen molar-refractivity contribution >= 4 is 11.7 Å². The maximum atomic E-state index is 12.8. The summed E-state index contributed by atoms with van der Waals surface area (Å²) < 4.78 is 5.31. The zero-order valence-corrected chi connectivity index (χ0v) is 12.8. The van der Waals surface area contributed by atoms with E-state index in [-0.39, 0.29) is 17.9 Å². The van der Waals surface area contributed by atoms with E-state index in [0.717, 1.165) is 57.3 Å². The maximum absolute atomic E-state index is 12.8. The fourth-order valence-electron chi connectivity index (χ4n) is 3.98. The predicted octanol–water partition coefficient (Wildman–Crippen LogP) is 2.92. The molecule has 0 aromatic carbocycles. The van der Waals surface area contributed by atoms with Crippen molar-refractivity contribution in [2.75, 3.05) is 6.54 Å². The van der Waals surface area contributed by atoms with Crippen LogP contribution in [0.2, 0.25) is 0 Å². The molecule has 3 fully saturated rings. The number of carbonyl (C=O) groups is 2. The lowest BCUT2D eigenvalue weighted by atomic mass is 9.82. The van der Waals surface area contributed by atoms with E-state index in [4.69, 9.17) is 4.52 Å². The molecule has 1 aromatic rings. The molecule has 0 spiro atoms. The molecule has 3 aliphatic rings. The minimum Gasteiger partial charge on any atom is -0.360 e. The van der Waals surface area contributed by atoms with Crippen molar-refractivity contribution in [3.63, 3.8) is 0 Å². The van der Waals surface area contributed by atoms with Gasteiger partial charge in [0.2, 0.25) is 0 Å². The lowest BCUT2D eigenvalue weighted by Crippen LogP contribution is -2.43. The number of hydrogen-bond donors (Lipinski definition) is 0. The van der Waals surface area contributed by atoms with E-state index >= 15 is 0 Å². The Bertz CT molecular complexity index is 590. The SMILES string of the molecule is O=C1CCCCC1C1CCCN1C(=O)c1cc(C2CC2)on1. The highest BCUT2D eigenvalue weighted by atomic mass is 16.5. The number of nitrogens with zero attached hydrogens (tertiary/aromatic N) is 2. The first-order valence-corrected chi connectivity index (χ1v) is 8.54. The van der Waals surface area contributed by atoms with Crippen molar-refractivity contribution in [2.45, 2.75) is 63.3 Å². The fourth-order valence-corrected chi connectivity index (χ4v) is 3.98. The minimum absolute atomic E-state index is 0.0370. The van der Waals surface area contributed by atoms with Crippen LogP contribution in [-0.4, -0.2) is 34.3 Å². The van der Waals surface area contributed by atoms with Crippen molar-refractivity contribution in [2.24, 2.45) is 5.92 Å². The smallest absolute Gasteiger partial charge is 0.276 e. The van der Waals surface area contributed by atoms with Gasteiger partial charge in [0.25, 0.3) is 5.91 Å². The van der Waals surface area contributed by atoms with Gasteiger partial charge < -0.3 is 9.42 Å². The second kappa shape index (κ2) is 5.52. The first-order chi connectivity index (χ1) is 10.7. The molecule has 2 unspecified atom stereocenters. The third-order valence-corrected chi connectivity index (χ3v) is 5.35. The van der Waals surface area contributed by atoms with Gasteiger partial charge in [0, 0.05) is 36.9 Å². The Morgan fingerprint density at radius 2 is 2.05 bits per heavy atom. The van der Waals surface area contributed by atoms with Crippen LogP contribution < -0.4 is 0 Å². The van der Waals surface area contributed by atoms with E-state index in [1.807, 2.05) is 4.90 Å². The maximum Gasteiger partial charge on any atom is 0.276 e. The van der Waals surface area contributed by atoms with Gasteiger partial charge in [-0.25, -0.2) is 0 Å². The number of carbonyl (C=O) groups excluding carboxylic acids is 2. The quantitative estimate of drug-likeness (QED) is 0.861. The van der Waals surface area contributed by atoms with Gasteiger partial charge in [0.05, 0.1) is 0 Å². The van der Waals surface area contributed by atoms with Crippen molar-refractivity contribution in [1.82, 2.24) is 10.1 Å². The molecule has 1 aromatic heterocycles. The van der Waals surface area contributed by atoms with Crippen molar-refractivity contribution in [3.05, 3.63) is 17.5 Å². The molecule has 2 atom stereocenters. The first kappa shape index (κ1) is 14.0. The third kappa shape index (κ3) is 2.46. The molecule has 1 aliphatic heterocycles. The molecule has 2 saturated carbocycles. The number of hydrogen-bond acceptors (Lipinski definition) is 4. The van der Waals surface area contributed by atoms with Crippen molar-refractivity contribution in [1.29, 1.82) is 0 Å². The summed E-state index contributed by atoms with van der Waals surface area (Å²) in [6.45, 7) is 0.735. The molecule has 0 bridgehead atoms. The van der Waals surface area contributed by atoms with Crippen molar-refractivity contribution in [3.8, 4) is 0 Å². The van der Waals surface area contributed by atoms with Crippen LogP contribution in [-0.2, 0) is 4.79 Å². The van der Waals surface area contributed by atoms with Crippen LogP contribution in [0.5, 0.6) is 0 Å². The van der Waals surface area contributed by atoms with Gasteiger partial charge >= 0.3 is 0 Å². The van der Waals surface area contributed by atoms with Crippen LogP contribution in [0.25, 0.3) is 0 Å². The molecule has 2 aliphatic carbocycles. The molecule has 4 rings (SSSR count). The van der Waals surface area contributed by atoms with Crippen LogP contribution in [0.3, 0.4) is 0 Å². The average molecular weight is 302 g/mol. The third-order valence-electron chi connectivity index (χ3n) is 5.35. The molecular weight excluding hydrogens is 280 g/mol. The molecule has 1 saturated heterocycles. The molecule has 1 amide bonds. The van der Waals surface area contributed by atoms with Gasteiger partial charge in [-0.05, 0) is 38.5 Å². The summed E-state index contributed by atoms with van der Waals surface area (Å²) >= 11 is 0. The summed E-state index contributed by atoms with van der Waals surface area (Å²) in [6.07, 6.45) is 7.90. The van der Waals surface area contributed by atoms with Gasteiger partial charge in [-0.1, -0.05) is 11.6 Å². The van der Waals surface area contributed by atoms with E-state index in [9.17, 15) is 9.59 Å². The zero-order chi connectivity index (χ0) is 15.1. The van der Waals surface area contributed by atoms with Crippen LogP contribution in [0, 0.1) is 5.92 Å². The van der Waals surface area contributed by atoms with Gasteiger partial charge in [-0.3, -0.25) is 9.59 Å². The summed E-state index contributed by atoms with van der Waals surface area (Å²) in [5, 5.41) is 3.97. The summed E-state index contributed by atoms with van der Waals surface area (Å²) in [5.74, 6) is 1.62. The van der Waals surface area contributed by atoms with Crippen LogP contribution in [0.4, 0.5) is 0 Å². The number of Topliss-reactive ketones (excluding diaryl/α,β-unsaturated/α-hetero) is 1. The second-order valence-electron chi connectivity index (χ2n) is 6.92. The lowest BCUT2D eigenvalue weighted by Gasteiger charge is -2.32. The zero-order valence-electron chi connectivity index (χ0n) is 12.8. The van der Waals surface area contributed by atoms with Crippen LogP contribution >= 0.6 is 0 Å². The van der Waals surface area contributed by atoms with Gasteiger partial charge in [-0.15, -0.1) is 0 Å². The molecule has 5 heteroatoms. The molecule has 0 radical (unpaired) electrons. The fraction of sp³-hybridized carbons (Fsp3) is 0.706. The van der Waals surface area contributed by atoms with E-state index in [1.54, 1.807) is 6.07 Å². The van der Waals surface area contributed by atoms with Gasteiger partial charge in [0.1, 0.15) is 11.5 Å². The Morgan fingerprint density at radius 3 is 2.82 bits per heavy atom. The number of amides is 1. The normalized spacial score (nSPS) is 29.1. The van der Waals surface area contributed by atoms with Gasteiger partial charge in [0.15, 0.2) is 5.69 Å². The Morgan fingerprint density at radius 1 is 1.18 bits per heavy atom. The lowest BCUT2D eigenvalue weighted by molar-refractivity contribution is -0.126. The highest BCUT2D eigenvalue weighted by Crippen LogP contribution is 2.40. The number of likely N-dealkylation sites (tertiary alicyclic amines) is 1. The number of rotatable bonds is 3. The molecule has 2 heterocycles. The average Bonchev–Trinajstić information content (AvgIpc) is 3.08. The molecule has 0 N–H and O–H groups in total. The van der Waals surface area contributed by atoms with Gasteiger partial charge in [-0.2, -0.15) is 0 Å². The molecule has 5 nitrogen and oxygen atoms in total. The Hall–Kier alpha value is -1.65. The Balaban J connectivity index is 1.51. The van der Waals surface area contributed by atoms with Crippen molar-refractivity contribution < 1.29 is 14.1 Å². The number of aromatic nitrogens is 1. The van der Waals surface area contributed by atoms with E-state index in [0.29, 0.717) is 23.8 Å². The molecule has 22 heavy (non-hydrogen) atoms. The molecular formula is C17H22N2O3. The largest absolute Gasteiger partial charge is 0.360 e. The van der Waals surface area contributed by atoms with E-state index in [1.165, 1.54) is 0 Å². The van der Waals surface area contributed by atoms with Crippen LogP contribution in [0.1, 0.15) is 73.5 Å². The molecule has 118 valence electrons. The summed E-state index contributed by atoms with van der Waals surface area (Å²) in [7, 11) is 0. The highest BCUT2D eigenvalue weighted by molar-refractivity contribution is 5.93. The first-order valence-electron chi connectivity index (χ1n) is 8.54. The standard InChI is InChI=1S/C17H22N2O3/c20-15-6-2-1-4-12(15)14-5-3-9-19(14)17(21)13-10-16(22-18-13)11-7-8-11/h10-12,14H,1-9H2. The van der Waals surface area contributed by atoms with E-state index < -0.39 is 0 Å². The highest BCUT2D eigenvalue weighted by Gasteiger charge is 2.40. The van der Waals surface area contributed by atoms with Crippen LogP contribution in [0.15, 0.2) is 10.6 Å². The number of ketones is 1.